The van der Waals surface area contributed by atoms with Crippen LogP contribution in [0.15, 0.2) is 54.6 Å². The summed E-state index contributed by atoms with van der Waals surface area (Å²) in [5.41, 5.74) is 3.86. The fraction of sp³-hybridized carbons (Fsp3) is 0.333. The zero-order valence-electron chi connectivity index (χ0n) is 11.9. The molecule has 0 amide bonds. The summed E-state index contributed by atoms with van der Waals surface area (Å²) < 4.78 is 5.15. The summed E-state index contributed by atoms with van der Waals surface area (Å²) in [5, 5.41) is 0.919. The Hall–Kier alpha value is -1.12. The average molecular weight is 333 g/mol. The molecule has 20 heavy (non-hydrogen) atoms. The quantitative estimate of drug-likeness (QED) is 0.666. The van der Waals surface area contributed by atoms with E-state index in [9.17, 15) is 0 Å². The molecular weight excluding hydrogens is 312 g/mol. The van der Waals surface area contributed by atoms with Crippen LogP contribution in [0.25, 0.3) is 11.1 Å². The van der Waals surface area contributed by atoms with Gasteiger partial charge in [0.25, 0.3) is 0 Å². The van der Waals surface area contributed by atoms with Gasteiger partial charge in [0, 0.05) is 11.9 Å². The van der Waals surface area contributed by atoms with Gasteiger partial charge in [0.1, 0.15) is 0 Å². The van der Waals surface area contributed by atoms with Crippen molar-refractivity contribution in [1.29, 1.82) is 0 Å². The molecule has 0 aromatic heterocycles. The highest BCUT2D eigenvalue weighted by Gasteiger charge is 2.07. The van der Waals surface area contributed by atoms with Crippen LogP contribution in [0.2, 0.25) is 0 Å². The van der Waals surface area contributed by atoms with Crippen LogP contribution in [-0.4, -0.2) is 12.7 Å². The van der Waals surface area contributed by atoms with Gasteiger partial charge in [0.2, 0.25) is 0 Å². The number of hydrogen-bond donors (Lipinski definition) is 0. The second-order valence-electron chi connectivity index (χ2n) is 5.02. The Kier molecular flexibility index (Phi) is 6.28. The lowest BCUT2D eigenvalue weighted by molar-refractivity contribution is 0.125. The first kappa shape index (κ1) is 15.3. The Morgan fingerprint density at radius 2 is 1.65 bits per heavy atom. The molecule has 0 saturated carbocycles. The maximum atomic E-state index is 5.15. The molecule has 1 unspecified atom stereocenters. The summed E-state index contributed by atoms with van der Waals surface area (Å²) in [4.78, 5) is 0. The van der Waals surface area contributed by atoms with Crippen molar-refractivity contribution in [2.45, 2.75) is 31.2 Å². The van der Waals surface area contributed by atoms with Gasteiger partial charge < -0.3 is 4.74 Å². The van der Waals surface area contributed by atoms with E-state index in [1.165, 1.54) is 29.5 Å². The second-order valence-corrected chi connectivity index (χ2v) is 5.58. The molecule has 2 heteroatoms. The molecule has 3 rings (SSSR count). The van der Waals surface area contributed by atoms with Crippen molar-refractivity contribution in [1.82, 2.24) is 0 Å². The molecule has 1 aliphatic heterocycles. The van der Waals surface area contributed by atoms with E-state index in [2.05, 4.69) is 71.4 Å². The smallest absolute Gasteiger partial charge is 0.0547 e. The van der Waals surface area contributed by atoms with Crippen molar-refractivity contribution < 1.29 is 4.74 Å². The minimum Gasteiger partial charge on any atom is -0.379 e. The predicted molar refractivity (Wildman–Crippen MR) is 89.2 cm³/mol. The van der Waals surface area contributed by atoms with Crippen molar-refractivity contribution in [3.8, 4) is 11.1 Å². The lowest BCUT2D eigenvalue weighted by atomic mass is 10.0. The second kappa shape index (κ2) is 8.23. The Morgan fingerprint density at radius 3 is 2.10 bits per heavy atom. The molecule has 1 heterocycles. The standard InChI is InChI=1S/C13H11Br.C5H10O/c14-10-11-6-8-13(9-7-11)12-4-2-1-3-5-12;1-5-3-2-4-6-5/h1-9H,10H2;5H,2-4H2,1H3. The van der Waals surface area contributed by atoms with E-state index in [1.807, 2.05) is 6.07 Å². The molecule has 0 N–H and O–H groups in total. The normalized spacial score (nSPS) is 17.4. The van der Waals surface area contributed by atoms with Gasteiger partial charge >= 0.3 is 0 Å². The van der Waals surface area contributed by atoms with Crippen LogP contribution >= 0.6 is 15.9 Å². The summed E-state index contributed by atoms with van der Waals surface area (Å²) in [6.45, 7) is 3.11. The first-order valence-corrected chi connectivity index (χ1v) is 8.23. The number of ether oxygens (including phenoxy) is 1. The highest BCUT2D eigenvalue weighted by molar-refractivity contribution is 9.08. The van der Waals surface area contributed by atoms with Gasteiger partial charge in [-0.25, -0.2) is 0 Å². The predicted octanol–water partition coefficient (Wildman–Crippen LogP) is 5.43. The molecule has 1 fully saturated rings. The number of alkyl halides is 1. The van der Waals surface area contributed by atoms with Crippen molar-refractivity contribution in [3.05, 3.63) is 60.2 Å². The molecule has 106 valence electrons. The van der Waals surface area contributed by atoms with Crippen LogP contribution in [-0.2, 0) is 10.1 Å². The van der Waals surface area contributed by atoms with E-state index in [0.29, 0.717) is 6.10 Å². The van der Waals surface area contributed by atoms with Gasteiger partial charge in [-0.1, -0.05) is 70.5 Å². The summed E-state index contributed by atoms with van der Waals surface area (Å²) in [6, 6.07) is 19.0. The summed E-state index contributed by atoms with van der Waals surface area (Å²) in [6.07, 6.45) is 3.08. The largest absolute Gasteiger partial charge is 0.379 e. The van der Waals surface area contributed by atoms with Crippen molar-refractivity contribution in [2.24, 2.45) is 0 Å². The van der Waals surface area contributed by atoms with Crippen LogP contribution in [0.5, 0.6) is 0 Å². The maximum absolute atomic E-state index is 5.15. The molecule has 1 aliphatic rings. The zero-order chi connectivity index (χ0) is 14.2. The Bertz CT molecular complexity index is 487. The Labute approximate surface area is 130 Å². The van der Waals surface area contributed by atoms with E-state index in [1.54, 1.807) is 0 Å². The van der Waals surface area contributed by atoms with Gasteiger partial charge in [0.05, 0.1) is 6.10 Å². The van der Waals surface area contributed by atoms with E-state index in [4.69, 9.17) is 4.74 Å². The van der Waals surface area contributed by atoms with Crippen LogP contribution in [0.3, 0.4) is 0 Å². The summed E-state index contributed by atoms with van der Waals surface area (Å²) in [5.74, 6) is 0. The molecule has 1 atom stereocenters. The van der Waals surface area contributed by atoms with E-state index >= 15 is 0 Å². The fourth-order valence-electron chi connectivity index (χ4n) is 2.16. The third-order valence-electron chi connectivity index (χ3n) is 3.37. The maximum Gasteiger partial charge on any atom is 0.0547 e. The van der Waals surface area contributed by atoms with Crippen molar-refractivity contribution >= 4 is 15.9 Å². The van der Waals surface area contributed by atoms with Gasteiger partial charge in [-0.3, -0.25) is 0 Å². The number of benzene rings is 2. The first-order chi connectivity index (χ1) is 9.79. The molecule has 2 aromatic rings. The number of hydrogen-bond acceptors (Lipinski definition) is 1. The lowest BCUT2D eigenvalue weighted by Crippen LogP contribution is -1.94. The Morgan fingerprint density at radius 1 is 1.00 bits per heavy atom. The highest BCUT2D eigenvalue weighted by Crippen LogP contribution is 2.19. The third-order valence-corrected chi connectivity index (χ3v) is 4.02. The van der Waals surface area contributed by atoms with Gasteiger partial charge in [0.15, 0.2) is 0 Å². The van der Waals surface area contributed by atoms with Crippen LogP contribution in [0.1, 0.15) is 25.3 Å². The SMILES string of the molecule is BrCc1ccc(-c2ccccc2)cc1.CC1CCCO1. The minimum absolute atomic E-state index is 0.546. The topological polar surface area (TPSA) is 9.23 Å². The molecule has 0 bridgehead atoms. The molecule has 0 spiro atoms. The zero-order valence-corrected chi connectivity index (χ0v) is 13.5. The minimum atomic E-state index is 0.546. The van der Waals surface area contributed by atoms with E-state index in [0.717, 1.165) is 11.9 Å². The van der Waals surface area contributed by atoms with Crippen molar-refractivity contribution in [3.63, 3.8) is 0 Å². The van der Waals surface area contributed by atoms with Crippen molar-refractivity contribution in [2.75, 3.05) is 6.61 Å². The lowest BCUT2D eigenvalue weighted by Gasteiger charge is -2.01. The number of halogens is 1. The fourth-order valence-corrected chi connectivity index (χ4v) is 2.53. The van der Waals surface area contributed by atoms with E-state index in [-0.39, 0.29) is 0 Å². The molecule has 0 radical (unpaired) electrons. The van der Waals surface area contributed by atoms with Gasteiger partial charge in [-0.15, -0.1) is 0 Å². The summed E-state index contributed by atoms with van der Waals surface area (Å²) in [7, 11) is 0. The van der Waals surface area contributed by atoms with Crippen LogP contribution < -0.4 is 0 Å². The van der Waals surface area contributed by atoms with Gasteiger partial charge in [-0.2, -0.15) is 0 Å². The Balaban J connectivity index is 0.000000205. The molecular formula is C18H21BrO. The van der Waals surface area contributed by atoms with E-state index < -0.39 is 0 Å². The molecule has 0 aliphatic carbocycles. The van der Waals surface area contributed by atoms with Crippen LogP contribution in [0.4, 0.5) is 0 Å². The monoisotopic (exact) mass is 332 g/mol. The average Bonchev–Trinajstić information content (AvgIpc) is 3.00. The van der Waals surface area contributed by atoms with Crippen LogP contribution in [0, 0.1) is 0 Å². The first-order valence-electron chi connectivity index (χ1n) is 7.11. The summed E-state index contributed by atoms with van der Waals surface area (Å²) >= 11 is 3.44. The highest BCUT2D eigenvalue weighted by atomic mass is 79.9. The van der Waals surface area contributed by atoms with Gasteiger partial charge in [-0.05, 0) is 36.5 Å². The molecule has 1 nitrogen and oxygen atoms in total. The molecule has 1 saturated heterocycles. The third kappa shape index (κ3) is 4.77. The number of rotatable bonds is 2. The molecule has 2 aromatic carbocycles.